The number of amides is 1. The van der Waals surface area contributed by atoms with Crippen molar-refractivity contribution in [3.63, 3.8) is 0 Å². The Kier molecular flexibility index (Phi) is 4.05. The van der Waals surface area contributed by atoms with Gasteiger partial charge in [-0.15, -0.1) is 0 Å². The minimum Gasteiger partial charge on any atom is -0.365 e. The Morgan fingerprint density at radius 3 is 2.81 bits per heavy atom. The first-order chi connectivity index (χ1) is 9.92. The van der Waals surface area contributed by atoms with Crippen LogP contribution in [0.5, 0.6) is 0 Å². The molecule has 1 amide bonds. The van der Waals surface area contributed by atoms with E-state index < -0.39 is 11.7 Å². The van der Waals surface area contributed by atoms with Crippen LogP contribution in [0.3, 0.4) is 0 Å². The first-order valence-corrected chi connectivity index (χ1v) is 6.23. The first-order valence-electron chi connectivity index (χ1n) is 5.85. The number of benzene rings is 1. The van der Waals surface area contributed by atoms with Crippen molar-refractivity contribution >= 4 is 17.5 Å². The maximum Gasteiger partial charge on any atom is 0.252 e. The van der Waals surface area contributed by atoms with Crippen LogP contribution in [-0.4, -0.2) is 10.5 Å². The summed E-state index contributed by atoms with van der Waals surface area (Å²) in [6, 6.07) is 7.11. The van der Waals surface area contributed by atoms with Gasteiger partial charge < -0.3 is 10.3 Å². The van der Waals surface area contributed by atoms with Gasteiger partial charge in [0.15, 0.2) is 0 Å². The number of rotatable bonds is 3. The number of nitrogens with zero attached hydrogens (tertiary/aromatic N) is 2. The molecule has 0 atom stereocenters. The molecule has 0 aliphatic rings. The van der Waals surface area contributed by atoms with E-state index in [0.29, 0.717) is 5.56 Å². The maximum atomic E-state index is 13.8. The third-order valence-electron chi connectivity index (χ3n) is 2.88. The molecular weight excluding hydrogens is 295 g/mol. The van der Waals surface area contributed by atoms with Crippen molar-refractivity contribution in [2.24, 2.45) is 5.73 Å². The van der Waals surface area contributed by atoms with Gasteiger partial charge in [-0.1, -0.05) is 11.6 Å². The fourth-order valence-electron chi connectivity index (χ4n) is 1.87. The van der Waals surface area contributed by atoms with Gasteiger partial charge in [0.25, 0.3) is 5.91 Å². The zero-order valence-corrected chi connectivity index (χ0v) is 11.5. The van der Waals surface area contributed by atoms with E-state index in [1.165, 1.54) is 35.0 Å². The van der Waals surface area contributed by atoms with Gasteiger partial charge in [-0.3, -0.25) is 10.2 Å². The van der Waals surface area contributed by atoms with E-state index in [1.807, 2.05) is 6.07 Å². The third-order valence-corrected chi connectivity index (χ3v) is 3.09. The molecule has 0 bridgehead atoms. The summed E-state index contributed by atoms with van der Waals surface area (Å²) < 4.78 is 15.1. The number of hydrogen-bond donors (Lipinski definition) is 2. The van der Waals surface area contributed by atoms with Crippen molar-refractivity contribution in [3.8, 4) is 6.07 Å². The Bertz CT molecular complexity index is 823. The Morgan fingerprint density at radius 1 is 1.48 bits per heavy atom. The summed E-state index contributed by atoms with van der Waals surface area (Å²) >= 11 is 5.87. The van der Waals surface area contributed by atoms with E-state index >= 15 is 0 Å². The highest BCUT2D eigenvalue weighted by Gasteiger charge is 2.11. The molecule has 0 aliphatic heterocycles. The largest absolute Gasteiger partial charge is 0.365 e. The predicted octanol–water partition coefficient (Wildman–Crippen LogP) is 1.78. The van der Waals surface area contributed by atoms with E-state index in [1.54, 1.807) is 0 Å². The minimum absolute atomic E-state index is 0.0406. The summed E-state index contributed by atoms with van der Waals surface area (Å²) in [4.78, 5) is 11.3. The van der Waals surface area contributed by atoms with Crippen LogP contribution in [0.15, 0.2) is 30.5 Å². The van der Waals surface area contributed by atoms with Crippen molar-refractivity contribution in [2.45, 2.75) is 6.54 Å². The number of carbonyl (C=O) groups is 1. The second-order valence-electron chi connectivity index (χ2n) is 4.33. The molecule has 106 valence electrons. The molecule has 21 heavy (non-hydrogen) atoms. The van der Waals surface area contributed by atoms with E-state index in [-0.39, 0.29) is 28.2 Å². The molecule has 2 rings (SSSR count). The Hall–Kier alpha value is -2.65. The second kappa shape index (κ2) is 5.77. The minimum atomic E-state index is -0.789. The SMILES string of the molecule is N#Cc1ccc(F)c(Cn2cc(Cl)cc(C(N)=O)c2=N)c1. The molecule has 1 heterocycles. The quantitative estimate of drug-likeness (QED) is 0.904. The fourth-order valence-corrected chi connectivity index (χ4v) is 2.10. The summed E-state index contributed by atoms with van der Waals surface area (Å²) in [6.07, 6.45) is 1.40. The first kappa shape index (κ1) is 14.8. The van der Waals surface area contributed by atoms with Gasteiger partial charge in [-0.2, -0.15) is 5.26 Å². The number of hydrogen-bond acceptors (Lipinski definition) is 3. The molecule has 0 radical (unpaired) electrons. The van der Waals surface area contributed by atoms with Crippen LogP contribution in [0.2, 0.25) is 5.02 Å². The van der Waals surface area contributed by atoms with E-state index in [0.717, 1.165) is 0 Å². The van der Waals surface area contributed by atoms with E-state index in [9.17, 15) is 9.18 Å². The van der Waals surface area contributed by atoms with Crippen LogP contribution in [0, 0.1) is 22.6 Å². The lowest BCUT2D eigenvalue weighted by Gasteiger charge is -2.11. The molecule has 2 aromatic rings. The molecule has 0 aliphatic carbocycles. The number of nitriles is 1. The van der Waals surface area contributed by atoms with Crippen LogP contribution in [0.4, 0.5) is 4.39 Å². The van der Waals surface area contributed by atoms with Crippen molar-refractivity contribution in [3.05, 3.63) is 63.5 Å². The summed E-state index contributed by atoms with van der Waals surface area (Å²) in [7, 11) is 0. The van der Waals surface area contributed by atoms with Crippen LogP contribution in [0.25, 0.3) is 0 Å². The lowest BCUT2D eigenvalue weighted by molar-refractivity contribution is 0.0998. The van der Waals surface area contributed by atoms with Gasteiger partial charge in [-0.05, 0) is 24.3 Å². The third kappa shape index (κ3) is 3.09. The topological polar surface area (TPSA) is 95.7 Å². The lowest BCUT2D eigenvalue weighted by Crippen LogP contribution is -2.30. The average Bonchev–Trinajstić information content (AvgIpc) is 2.44. The number of carbonyl (C=O) groups excluding carboxylic acids is 1. The Labute approximate surface area is 124 Å². The summed E-state index contributed by atoms with van der Waals surface area (Å²) in [5, 5.41) is 16.9. The smallest absolute Gasteiger partial charge is 0.252 e. The number of nitrogens with two attached hydrogens (primary N) is 1. The number of pyridine rings is 1. The van der Waals surface area contributed by atoms with E-state index in [2.05, 4.69) is 0 Å². The van der Waals surface area contributed by atoms with Gasteiger partial charge in [0, 0.05) is 11.8 Å². The average molecular weight is 305 g/mol. The Balaban J connectivity index is 2.53. The molecule has 7 heteroatoms. The highest BCUT2D eigenvalue weighted by atomic mass is 35.5. The van der Waals surface area contributed by atoms with Gasteiger partial charge >= 0.3 is 0 Å². The van der Waals surface area contributed by atoms with Crippen molar-refractivity contribution < 1.29 is 9.18 Å². The van der Waals surface area contributed by atoms with Gasteiger partial charge in [-0.25, -0.2) is 4.39 Å². The maximum absolute atomic E-state index is 13.8. The zero-order valence-electron chi connectivity index (χ0n) is 10.7. The normalized spacial score (nSPS) is 10.1. The molecule has 1 aromatic carbocycles. The molecule has 0 spiro atoms. The zero-order chi connectivity index (χ0) is 15.6. The van der Waals surface area contributed by atoms with Crippen molar-refractivity contribution in [1.29, 1.82) is 10.7 Å². The monoisotopic (exact) mass is 304 g/mol. The van der Waals surface area contributed by atoms with Gasteiger partial charge in [0.2, 0.25) is 0 Å². The summed E-state index contributed by atoms with van der Waals surface area (Å²) in [6.45, 7) is -0.0406. The number of halogens is 2. The number of nitrogens with one attached hydrogen (secondary N) is 1. The number of aromatic nitrogens is 1. The number of primary amides is 1. The Morgan fingerprint density at radius 2 is 2.19 bits per heavy atom. The highest BCUT2D eigenvalue weighted by Crippen LogP contribution is 2.13. The molecule has 1 aromatic heterocycles. The summed E-state index contributed by atoms with van der Waals surface area (Å²) in [5.74, 6) is -1.30. The molecule has 0 saturated carbocycles. The summed E-state index contributed by atoms with van der Waals surface area (Å²) in [5.41, 5.74) is 5.46. The molecule has 3 N–H and O–H groups in total. The van der Waals surface area contributed by atoms with Crippen LogP contribution < -0.4 is 11.2 Å². The fraction of sp³-hybridized carbons (Fsp3) is 0.0714. The molecule has 0 saturated heterocycles. The predicted molar refractivity (Wildman–Crippen MR) is 74.0 cm³/mol. The van der Waals surface area contributed by atoms with Gasteiger partial charge in [0.1, 0.15) is 11.3 Å². The second-order valence-corrected chi connectivity index (χ2v) is 4.77. The molecule has 0 fully saturated rings. The van der Waals surface area contributed by atoms with Crippen LogP contribution >= 0.6 is 11.6 Å². The van der Waals surface area contributed by atoms with Crippen LogP contribution in [0.1, 0.15) is 21.5 Å². The van der Waals surface area contributed by atoms with Crippen molar-refractivity contribution in [2.75, 3.05) is 0 Å². The van der Waals surface area contributed by atoms with Crippen molar-refractivity contribution in [1.82, 2.24) is 4.57 Å². The van der Waals surface area contributed by atoms with E-state index in [4.69, 9.17) is 28.0 Å². The molecule has 5 nitrogen and oxygen atoms in total. The molecular formula is C14H10ClFN4O. The standard InChI is InChI=1S/C14H10ClFN4O/c15-10-4-11(14(19)21)13(18)20(7-10)6-9-3-8(5-17)1-2-12(9)16/h1-4,7,18H,6H2,(H2,19,21). The molecule has 0 unspecified atom stereocenters. The highest BCUT2D eigenvalue weighted by molar-refractivity contribution is 6.30. The lowest BCUT2D eigenvalue weighted by atomic mass is 10.1. The van der Waals surface area contributed by atoms with Gasteiger partial charge in [0.05, 0.1) is 28.8 Å². The van der Waals surface area contributed by atoms with Crippen LogP contribution in [-0.2, 0) is 6.54 Å².